The minimum Gasteiger partial charge on any atom is -0.360 e. The highest BCUT2D eigenvalue weighted by Gasteiger charge is 2.23. The van der Waals surface area contributed by atoms with Crippen LogP contribution < -0.4 is 4.90 Å². The van der Waals surface area contributed by atoms with Crippen LogP contribution in [0.4, 0.5) is 9.52 Å². The first kappa shape index (κ1) is 17.6. The van der Waals surface area contributed by atoms with Gasteiger partial charge in [-0.05, 0) is 38.4 Å². The van der Waals surface area contributed by atoms with Gasteiger partial charge in [-0.3, -0.25) is 9.69 Å². The van der Waals surface area contributed by atoms with Crippen molar-refractivity contribution in [1.29, 1.82) is 0 Å². The molecular weight excluding hydrogens is 363 g/mol. The summed E-state index contributed by atoms with van der Waals surface area (Å²) < 4.78 is 14.3. The fourth-order valence-electron chi connectivity index (χ4n) is 2.98. The summed E-state index contributed by atoms with van der Waals surface area (Å²) in [4.78, 5) is 24.8. The molecule has 0 radical (unpaired) electrons. The van der Waals surface area contributed by atoms with E-state index < -0.39 is 0 Å². The lowest BCUT2D eigenvalue weighted by molar-refractivity contribution is 0.0987. The second-order valence-electron chi connectivity index (χ2n) is 6.62. The average Bonchev–Trinajstić information content (AvgIpc) is 3.25. The molecule has 5 nitrogen and oxygen atoms in total. The van der Waals surface area contributed by atoms with Crippen molar-refractivity contribution < 1.29 is 9.18 Å². The number of anilines is 1. The van der Waals surface area contributed by atoms with Crippen molar-refractivity contribution in [2.75, 3.05) is 32.1 Å². The lowest BCUT2D eigenvalue weighted by atomic mass is 10.1. The third kappa shape index (κ3) is 3.43. The SMILES string of the molecule is CN(C)CCN(C(=O)c1c[nH]c2ccccc12)c1nc2ccc(F)cc2s1. The Morgan fingerprint density at radius 2 is 2.00 bits per heavy atom. The molecule has 0 aliphatic heterocycles. The number of amides is 1. The number of aromatic nitrogens is 2. The van der Waals surface area contributed by atoms with Crippen LogP contribution in [-0.2, 0) is 0 Å². The van der Waals surface area contributed by atoms with Crippen LogP contribution >= 0.6 is 11.3 Å². The third-order valence-electron chi connectivity index (χ3n) is 4.41. The molecule has 1 N–H and O–H groups in total. The molecular formula is C20H19FN4OS. The molecule has 0 saturated heterocycles. The topological polar surface area (TPSA) is 52.2 Å². The van der Waals surface area contributed by atoms with Crippen molar-refractivity contribution in [3.05, 3.63) is 60.0 Å². The summed E-state index contributed by atoms with van der Waals surface area (Å²) in [7, 11) is 3.92. The molecule has 4 aromatic rings. The second-order valence-corrected chi connectivity index (χ2v) is 7.63. The van der Waals surface area contributed by atoms with Crippen LogP contribution in [0.2, 0.25) is 0 Å². The summed E-state index contributed by atoms with van der Waals surface area (Å²) in [5, 5.41) is 1.46. The monoisotopic (exact) mass is 382 g/mol. The number of likely N-dealkylation sites (N-methyl/N-ethyl adjacent to an activating group) is 1. The Morgan fingerprint density at radius 3 is 2.81 bits per heavy atom. The first-order chi connectivity index (χ1) is 13.0. The highest BCUT2D eigenvalue weighted by Crippen LogP contribution is 2.31. The zero-order valence-electron chi connectivity index (χ0n) is 15.1. The average molecular weight is 382 g/mol. The fourth-order valence-corrected chi connectivity index (χ4v) is 3.99. The standard InChI is InChI=1S/C20H19FN4OS/c1-24(2)9-10-25(20-23-17-8-7-13(21)11-18(17)27-20)19(26)15-12-22-16-6-4-3-5-14(15)16/h3-8,11-12,22H,9-10H2,1-2H3. The van der Waals surface area contributed by atoms with E-state index in [9.17, 15) is 9.18 Å². The van der Waals surface area contributed by atoms with E-state index in [0.717, 1.165) is 15.6 Å². The zero-order valence-corrected chi connectivity index (χ0v) is 15.9. The van der Waals surface area contributed by atoms with Crippen molar-refractivity contribution >= 4 is 43.5 Å². The van der Waals surface area contributed by atoms with E-state index in [0.29, 0.717) is 29.3 Å². The smallest absolute Gasteiger partial charge is 0.262 e. The van der Waals surface area contributed by atoms with E-state index in [1.807, 2.05) is 43.3 Å². The molecule has 0 spiro atoms. The maximum absolute atomic E-state index is 13.5. The van der Waals surface area contributed by atoms with Gasteiger partial charge >= 0.3 is 0 Å². The number of para-hydroxylation sites is 1. The first-order valence-electron chi connectivity index (χ1n) is 8.62. The van der Waals surface area contributed by atoms with E-state index in [1.165, 1.54) is 23.5 Å². The summed E-state index contributed by atoms with van der Waals surface area (Å²) in [5.41, 5.74) is 2.22. The van der Waals surface area contributed by atoms with Crippen LogP contribution in [0.5, 0.6) is 0 Å². The molecule has 0 saturated carbocycles. The van der Waals surface area contributed by atoms with E-state index in [4.69, 9.17) is 0 Å². The number of rotatable bonds is 5. The normalized spacial score (nSPS) is 11.6. The van der Waals surface area contributed by atoms with Crippen molar-refractivity contribution in [3.63, 3.8) is 0 Å². The van der Waals surface area contributed by atoms with Gasteiger partial charge in [-0.2, -0.15) is 0 Å². The van der Waals surface area contributed by atoms with Gasteiger partial charge in [-0.25, -0.2) is 9.37 Å². The number of carbonyl (C=O) groups is 1. The van der Waals surface area contributed by atoms with Gasteiger partial charge in [0.2, 0.25) is 0 Å². The summed E-state index contributed by atoms with van der Waals surface area (Å²) >= 11 is 1.33. The van der Waals surface area contributed by atoms with Crippen LogP contribution in [0.15, 0.2) is 48.7 Å². The minimum atomic E-state index is -0.305. The largest absolute Gasteiger partial charge is 0.360 e. The quantitative estimate of drug-likeness (QED) is 0.565. The highest BCUT2D eigenvalue weighted by molar-refractivity contribution is 7.22. The number of thiazole rings is 1. The van der Waals surface area contributed by atoms with Gasteiger partial charge < -0.3 is 9.88 Å². The number of benzene rings is 2. The van der Waals surface area contributed by atoms with Gasteiger partial charge in [0.15, 0.2) is 5.13 Å². The number of aromatic amines is 1. The molecule has 7 heteroatoms. The number of nitrogens with zero attached hydrogens (tertiary/aromatic N) is 3. The van der Waals surface area contributed by atoms with Crippen LogP contribution in [0, 0.1) is 5.82 Å². The molecule has 4 rings (SSSR count). The Labute approximate surface area is 160 Å². The van der Waals surface area contributed by atoms with Gasteiger partial charge in [0.25, 0.3) is 5.91 Å². The van der Waals surface area contributed by atoms with Gasteiger partial charge in [-0.15, -0.1) is 0 Å². The van der Waals surface area contributed by atoms with E-state index >= 15 is 0 Å². The highest BCUT2D eigenvalue weighted by atomic mass is 32.1. The van der Waals surface area contributed by atoms with Crippen molar-refractivity contribution in [2.45, 2.75) is 0 Å². The Bertz CT molecular complexity index is 1120. The van der Waals surface area contributed by atoms with Crippen molar-refractivity contribution in [3.8, 4) is 0 Å². The summed E-state index contributed by atoms with van der Waals surface area (Å²) in [6.07, 6.45) is 1.74. The van der Waals surface area contributed by atoms with E-state index in [1.54, 1.807) is 17.2 Å². The molecule has 1 amide bonds. The zero-order chi connectivity index (χ0) is 19.0. The predicted molar refractivity (Wildman–Crippen MR) is 108 cm³/mol. The Kier molecular flexibility index (Phi) is 4.63. The lowest BCUT2D eigenvalue weighted by Crippen LogP contribution is -2.36. The van der Waals surface area contributed by atoms with Gasteiger partial charge in [0.05, 0.1) is 15.8 Å². The number of nitrogens with one attached hydrogen (secondary N) is 1. The summed E-state index contributed by atoms with van der Waals surface area (Å²) in [5.74, 6) is -0.422. The summed E-state index contributed by atoms with van der Waals surface area (Å²) in [6.45, 7) is 1.19. The molecule has 0 fully saturated rings. The molecule has 0 unspecified atom stereocenters. The molecule has 27 heavy (non-hydrogen) atoms. The van der Waals surface area contributed by atoms with E-state index in [-0.39, 0.29) is 11.7 Å². The van der Waals surface area contributed by atoms with Crippen LogP contribution in [0.1, 0.15) is 10.4 Å². The fraction of sp³-hybridized carbons (Fsp3) is 0.200. The summed E-state index contributed by atoms with van der Waals surface area (Å²) in [6, 6.07) is 12.2. The molecule has 2 aromatic heterocycles. The Morgan fingerprint density at radius 1 is 1.19 bits per heavy atom. The molecule has 0 bridgehead atoms. The number of carbonyl (C=O) groups excluding carboxylic acids is 1. The van der Waals surface area contributed by atoms with Crippen LogP contribution in [0.3, 0.4) is 0 Å². The number of halogens is 1. The maximum atomic E-state index is 13.5. The van der Waals surface area contributed by atoms with Crippen molar-refractivity contribution in [1.82, 2.24) is 14.9 Å². The second kappa shape index (κ2) is 7.09. The van der Waals surface area contributed by atoms with Crippen LogP contribution in [0.25, 0.3) is 21.1 Å². The maximum Gasteiger partial charge on any atom is 0.262 e. The molecule has 0 atom stereocenters. The minimum absolute atomic E-state index is 0.117. The van der Waals surface area contributed by atoms with Gasteiger partial charge in [0.1, 0.15) is 5.82 Å². The number of fused-ring (bicyclic) bond motifs is 2. The molecule has 138 valence electrons. The number of hydrogen-bond acceptors (Lipinski definition) is 4. The molecule has 2 aromatic carbocycles. The van der Waals surface area contributed by atoms with Crippen LogP contribution in [-0.4, -0.2) is 48.0 Å². The molecule has 2 heterocycles. The molecule has 0 aliphatic carbocycles. The number of hydrogen-bond donors (Lipinski definition) is 1. The lowest BCUT2D eigenvalue weighted by Gasteiger charge is -2.21. The van der Waals surface area contributed by atoms with Crippen molar-refractivity contribution in [2.24, 2.45) is 0 Å². The Balaban J connectivity index is 1.76. The van der Waals surface area contributed by atoms with E-state index in [2.05, 4.69) is 9.97 Å². The van der Waals surface area contributed by atoms with Gasteiger partial charge in [-0.1, -0.05) is 29.5 Å². The number of H-pyrrole nitrogens is 1. The van der Waals surface area contributed by atoms with Gasteiger partial charge in [0, 0.05) is 30.2 Å². The molecule has 0 aliphatic rings. The third-order valence-corrected chi connectivity index (χ3v) is 5.45. The first-order valence-corrected chi connectivity index (χ1v) is 9.43. The Hall–Kier alpha value is -2.77. The predicted octanol–water partition coefficient (Wildman–Crippen LogP) is 4.13.